The topological polar surface area (TPSA) is 29.9 Å². The normalized spacial score (nSPS) is 10.6. The predicted octanol–water partition coefficient (Wildman–Crippen LogP) is 4.86. The monoisotopic (exact) mass is 316 g/mol. The van der Waals surface area contributed by atoms with Crippen molar-refractivity contribution in [3.63, 3.8) is 0 Å². The molecule has 0 aliphatic rings. The van der Waals surface area contributed by atoms with Gasteiger partial charge in [-0.25, -0.2) is 0 Å². The summed E-state index contributed by atoms with van der Waals surface area (Å²) in [6.45, 7) is 0. The molecule has 3 aromatic rings. The van der Waals surface area contributed by atoms with Crippen LogP contribution in [0.15, 0.2) is 54.7 Å². The molecule has 0 fully saturated rings. The van der Waals surface area contributed by atoms with Crippen LogP contribution in [-0.2, 0) is 0 Å². The Morgan fingerprint density at radius 1 is 1.10 bits per heavy atom. The first-order valence-corrected chi connectivity index (χ1v) is 7.18. The Morgan fingerprint density at radius 3 is 2.52 bits per heavy atom. The van der Waals surface area contributed by atoms with Crippen LogP contribution in [0.4, 0.5) is 0 Å². The molecule has 5 heteroatoms. The van der Waals surface area contributed by atoms with Crippen LogP contribution in [0.1, 0.15) is 0 Å². The molecule has 21 heavy (non-hydrogen) atoms. The van der Waals surface area contributed by atoms with Crippen molar-refractivity contribution in [2.75, 3.05) is 7.11 Å². The number of imidazole rings is 1. The number of nitrogens with zero attached hydrogens (tertiary/aromatic N) is 1. The van der Waals surface area contributed by atoms with E-state index in [0.29, 0.717) is 9.79 Å². The van der Waals surface area contributed by atoms with Gasteiger partial charge in [-0.15, -0.1) is 0 Å². The molecule has 1 heterocycles. The maximum absolute atomic E-state index is 5.92. The fourth-order valence-corrected chi connectivity index (χ4v) is 2.57. The third kappa shape index (κ3) is 2.73. The summed E-state index contributed by atoms with van der Waals surface area (Å²) < 4.78 is 7.90. The molecule has 106 valence electrons. The van der Waals surface area contributed by atoms with E-state index in [-0.39, 0.29) is 0 Å². The van der Waals surface area contributed by atoms with E-state index in [9.17, 15) is 0 Å². The second kappa shape index (κ2) is 5.76. The van der Waals surface area contributed by atoms with E-state index in [2.05, 4.69) is 4.98 Å². The molecule has 0 unspecified atom stereocenters. The Kier molecular flexibility index (Phi) is 3.82. The summed E-state index contributed by atoms with van der Waals surface area (Å²) in [5, 5.41) is 0.710. The summed E-state index contributed by atoms with van der Waals surface area (Å²) in [6, 6.07) is 15.4. The number of hydrogen-bond donors (Lipinski definition) is 1. The summed E-state index contributed by atoms with van der Waals surface area (Å²) in [7, 11) is 1.65. The minimum atomic E-state index is 0.615. The fraction of sp³-hybridized carbons (Fsp3) is 0.0625. The van der Waals surface area contributed by atoms with E-state index in [1.54, 1.807) is 7.11 Å². The summed E-state index contributed by atoms with van der Waals surface area (Å²) in [5.74, 6) is 0.773. The summed E-state index contributed by atoms with van der Waals surface area (Å²) in [4.78, 5) is 3.21. The fourth-order valence-electron chi connectivity index (χ4n) is 2.18. The van der Waals surface area contributed by atoms with Crippen molar-refractivity contribution in [1.29, 1.82) is 0 Å². The molecule has 0 aliphatic carbocycles. The molecule has 0 spiro atoms. The van der Waals surface area contributed by atoms with Gasteiger partial charge in [0.05, 0.1) is 18.5 Å². The van der Waals surface area contributed by atoms with Gasteiger partial charge in [0.15, 0.2) is 4.77 Å². The molecule has 0 saturated heterocycles. The lowest BCUT2D eigenvalue weighted by Gasteiger charge is -2.08. The van der Waals surface area contributed by atoms with Crippen molar-refractivity contribution in [2.45, 2.75) is 0 Å². The summed E-state index contributed by atoms with van der Waals surface area (Å²) in [5.41, 5.74) is 2.86. The minimum Gasteiger partial charge on any atom is -0.495 e. The van der Waals surface area contributed by atoms with Crippen LogP contribution in [0.3, 0.4) is 0 Å². The Morgan fingerprint density at radius 2 is 1.81 bits per heavy atom. The lowest BCUT2D eigenvalue weighted by molar-refractivity contribution is 0.413. The minimum absolute atomic E-state index is 0.615. The van der Waals surface area contributed by atoms with Crippen molar-refractivity contribution < 1.29 is 4.74 Å². The molecule has 0 radical (unpaired) electrons. The highest BCUT2D eigenvalue weighted by Crippen LogP contribution is 2.26. The van der Waals surface area contributed by atoms with E-state index in [4.69, 9.17) is 28.6 Å². The van der Waals surface area contributed by atoms with Gasteiger partial charge in [0.1, 0.15) is 5.75 Å². The third-order valence-electron chi connectivity index (χ3n) is 3.22. The molecule has 0 atom stereocenters. The van der Waals surface area contributed by atoms with Crippen LogP contribution in [0.25, 0.3) is 16.9 Å². The third-order valence-corrected chi connectivity index (χ3v) is 3.77. The van der Waals surface area contributed by atoms with Gasteiger partial charge in [-0.2, -0.15) is 0 Å². The van der Waals surface area contributed by atoms with Gasteiger partial charge in [-0.05, 0) is 42.0 Å². The quantitative estimate of drug-likeness (QED) is 0.699. The number of methoxy groups -OCH3 is 1. The number of aromatic nitrogens is 2. The first-order valence-electron chi connectivity index (χ1n) is 6.40. The molecule has 1 aromatic heterocycles. The first-order chi connectivity index (χ1) is 10.2. The number of hydrogen-bond acceptors (Lipinski definition) is 2. The smallest absolute Gasteiger partial charge is 0.182 e. The average molecular weight is 317 g/mol. The number of H-pyrrole nitrogens is 1. The van der Waals surface area contributed by atoms with Crippen LogP contribution in [0.5, 0.6) is 5.75 Å². The highest BCUT2D eigenvalue weighted by Gasteiger charge is 2.08. The van der Waals surface area contributed by atoms with Crippen molar-refractivity contribution in [2.24, 2.45) is 0 Å². The van der Waals surface area contributed by atoms with Gasteiger partial charge in [0.2, 0.25) is 0 Å². The Bertz CT molecular complexity index is 821. The predicted molar refractivity (Wildman–Crippen MR) is 88.0 cm³/mol. The lowest BCUT2D eigenvalue weighted by Crippen LogP contribution is -1.96. The van der Waals surface area contributed by atoms with Gasteiger partial charge in [0.25, 0.3) is 0 Å². The summed E-state index contributed by atoms with van der Waals surface area (Å²) >= 11 is 11.3. The Balaban J connectivity index is 2.10. The number of aromatic amines is 1. The number of benzene rings is 2. The standard InChI is InChI=1S/C16H13ClN2OS/c1-20-15-5-3-2-4-14(15)19-10-13(18-16(19)21)11-6-8-12(17)9-7-11/h2-10H,1H3,(H,18,21). The molecule has 0 amide bonds. The zero-order chi connectivity index (χ0) is 14.8. The maximum Gasteiger partial charge on any atom is 0.182 e. The van der Waals surface area contributed by atoms with Crippen LogP contribution in [0, 0.1) is 4.77 Å². The second-order valence-electron chi connectivity index (χ2n) is 4.52. The zero-order valence-corrected chi connectivity index (χ0v) is 12.9. The van der Waals surface area contributed by atoms with Gasteiger partial charge in [-0.1, -0.05) is 35.9 Å². The lowest BCUT2D eigenvalue weighted by atomic mass is 10.2. The van der Waals surface area contributed by atoms with Crippen LogP contribution in [0.2, 0.25) is 5.02 Å². The zero-order valence-electron chi connectivity index (χ0n) is 11.3. The van der Waals surface area contributed by atoms with E-state index in [1.807, 2.05) is 59.3 Å². The molecule has 0 bridgehead atoms. The largest absolute Gasteiger partial charge is 0.495 e. The molecule has 0 aliphatic heterocycles. The van der Waals surface area contributed by atoms with E-state index < -0.39 is 0 Å². The van der Waals surface area contributed by atoms with Gasteiger partial charge in [-0.3, -0.25) is 4.57 Å². The Labute approximate surface area is 132 Å². The molecule has 3 rings (SSSR count). The highest BCUT2D eigenvalue weighted by atomic mass is 35.5. The first kappa shape index (κ1) is 13.9. The number of rotatable bonds is 3. The highest BCUT2D eigenvalue weighted by molar-refractivity contribution is 7.71. The van der Waals surface area contributed by atoms with Crippen LogP contribution in [-0.4, -0.2) is 16.7 Å². The SMILES string of the molecule is COc1ccccc1-n1cc(-c2ccc(Cl)cc2)[nH]c1=S. The Hall–Kier alpha value is -2.04. The van der Waals surface area contributed by atoms with Crippen molar-refractivity contribution >= 4 is 23.8 Å². The summed E-state index contributed by atoms with van der Waals surface area (Å²) in [6.07, 6.45) is 1.96. The van der Waals surface area contributed by atoms with E-state index in [1.165, 1.54) is 0 Å². The molecule has 3 nitrogen and oxygen atoms in total. The molecule has 0 saturated carbocycles. The van der Waals surface area contributed by atoms with Crippen LogP contribution >= 0.6 is 23.8 Å². The van der Waals surface area contributed by atoms with Crippen molar-refractivity contribution in [3.05, 3.63) is 64.5 Å². The second-order valence-corrected chi connectivity index (χ2v) is 5.34. The maximum atomic E-state index is 5.92. The molecular formula is C16H13ClN2OS. The van der Waals surface area contributed by atoms with Crippen molar-refractivity contribution in [1.82, 2.24) is 9.55 Å². The molecule has 2 aromatic carbocycles. The number of halogens is 1. The molecule has 1 N–H and O–H groups in total. The number of nitrogens with one attached hydrogen (secondary N) is 1. The van der Waals surface area contributed by atoms with Crippen molar-refractivity contribution in [3.8, 4) is 22.7 Å². The van der Waals surface area contributed by atoms with Gasteiger partial charge in [0, 0.05) is 11.2 Å². The van der Waals surface area contributed by atoms with E-state index in [0.717, 1.165) is 22.7 Å². The molecular weight excluding hydrogens is 304 g/mol. The van der Waals surface area contributed by atoms with E-state index >= 15 is 0 Å². The van der Waals surface area contributed by atoms with Crippen LogP contribution < -0.4 is 4.74 Å². The van der Waals surface area contributed by atoms with Gasteiger partial charge >= 0.3 is 0 Å². The number of para-hydroxylation sites is 2. The number of ether oxygens (including phenoxy) is 1. The average Bonchev–Trinajstić information content (AvgIpc) is 2.89. The van der Waals surface area contributed by atoms with Gasteiger partial charge < -0.3 is 9.72 Å².